The standard InChI is InChI=1S/C21H17N5S2/c27-21(23-17-8-3-1-4-9-17)24-22-14-16-15-26(18-10-5-2-6-11-18)25-20(16)19-12-7-13-28-19/h1-15H,(H2,23,24,27)/b22-14-. The van der Waals surface area contributed by atoms with Gasteiger partial charge in [0.2, 0.25) is 0 Å². The quantitative estimate of drug-likeness (QED) is 0.282. The highest BCUT2D eigenvalue weighted by molar-refractivity contribution is 7.80. The Morgan fingerprint density at radius 3 is 2.46 bits per heavy atom. The SMILES string of the molecule is S=C(N/N=C\c1cn(-c2ccccc2)nc1-c1cccs1)Nc1ccccc1. The highest BCUT2D eigenvalue weighted by Gasteiger charge is 2.11. The second kappa shape index (κ2) is 8.60. The molecule has 138 valence electrons. The third-order valence-corrected chi connectivity index (χ3v) is 4.99. The van der Waals surface area contributed by atoms with Crippen molar-refractivity contribution < 1.29 is 0 Å². The molecule has 0 radical (unpaired) electrons. The maximum atomic E-state index is 5.29. The van der Waals surface area contributed by atoms with Crippen molar-refractivity contribution in [2.45, 2.75) is 0 Å². The zero-order valence-corrected chi connectivity index (χ0v) is 16.5. The molecule has 4 aromatic rings. The van der Waals surface area contributed by atoms with Crippen LogP contribution in [0.2, 0.25) is 0 Å². The smallest absolute Gasteiger partial charge is 0.191 e. The van der Waals surface area contributed by atoms with Gasteiger partial charge in [0, 0.05) is 17.4 Å². The average molecular weight is 404 g/mol. The van der Waals surface area contributed by atoms with Gasteiger partial charge in [-0.2, -0.15) is 10.2 Å². The molecule has 0 unspecified atom stereocenters. The number of anilines is 1. The van der Waals surface area contributed by atoms with E-state index in [9.17, 15) is 0 Å². The van der Waals surface area contributed by atoms with E-state index in [-0.39, 0.29) is 0 Å². The first-order chi connectivity index (χ1) is 13.8. The largest absolute Gasteiger partial charge is 0.331 e. The first-order valence-corrected chi connectivity index (χ1v) is 9.92. The van der Waals surface area contributed by atoms with E-state index in [4.69, 9.17) is 17.3 Å². The molecule has 0 atom stereocenters. The molecule has 0 aliphatic heterocycles. The molecule has 0 saturated carbocycles. The molecule has 0 fully saturated rings. The lowest BCUT2D eigenvalue weighted by molar-refractivity contribution is 0.885. The molecule has 2 heterocycles. The number of thiophene rings is 1. The Kier molecular flexibility index (Phi) is 5.56. The lowest BCUT2D eigenvalue weighted by Crippen LogP contribution is -2.23. The summed E-state index contributed by atoms with van der Waals surface area (Å²) in [6.07, 6.45) is 3.70. The molecular weight excluding hydrogens is 386 g/mol. The van der Waals surface area contributed by atoms with Crippen LogP contribution in [0.1, 0.15) is 5.56 Å². The Morgan fingerprint density at radius 2 is 1.75 bits per heavy atom. The summed E-state index contributed by atoms with van der Waals surface area (Å²) in [6, 6.07) is 23.8. The summed E-state index contributed by atoms with van der Waals surface area (Å²) < 4.78 is 1.86. The van der Waals surface area contributed by atoms with Gasteiger partial charge in [0.1, 0.15) is 5.69 Å². The van der Waals surface area contributed by atoms with Crippen molar-refractivity contribution >= 4 is 40.6 Å². The van der Waals surface area contributed by atoms with E-state index in [2.05, 4.69) is 21.9 Å². The van der Waals surface area contributed by atoms with Crippen LogP contribution in [0.5, 0.6) is 0 Å². The zero-order chi connectivity index (χ0) is 19.2. The van der Waals surface area contributed by atoms with Gasteiger partial charge >= 0.3 is 0 Å². The van der Waals surface area contributed by atoms with Crippen molar-refractivity contribution in [2.24, 2.45) is 5.10 Å². The number of nitrogens with zero attached hydrogens (tertiary/aromatic N) is 3. The minimum atomic E-state index is 0.426. The van der Waals surface area contributed by atoms with Gasteiger partial charge in [0.25, 0.3) is 0 Å². The number of hydrogen-bond donors (Lipinski definition) is 2. The second-order valence-electron chi connectivity index (χ2n) is 5.88. The van der Waals surface area contributed by atoms with Gasteiger partial charge < -0.3 is 5.32 Å². The van der Waals surface area contributed by atoms with Crippen LogP contribution in [0.4, 0.5) is 5.69 Å². The summed E-state index contributed by atoms with van der Waals surface area (Å²) >= 11 is 6.94. The normalized spacial score (nSPS) is 10.9. The molecule has 2 N–H and O–H groups in total. The van der Waals surface area contributed by atoms with Crippen LogP contribution in [0.3, 0.4) is 0 Å². The monoisotopic (exact) mass is 403 g/mol. The van der Waals surface area contributed by atoms with E-state index in [1.54, 1.807) is 17.6 Å². The Bertz CT molecular complexity index is 1070. The van der Waals surface area contributed by atoms with Crippen LogP contribution in [-0.2, 0) is 0 Å². The molecule has 0 amide bonds. The number of hydrazone groups is 1. The fourth-order valence-electron chi connectivity index (χ4n) is 2.64. The molecule has 4 rings (SSSR count). The Balaban J connectivity index is 1.54. The molecule has 0 spiro atoms. The summed E-state index contributed by atoms with van der Waals surface area (Å²) in [6.45, 7) is 0. The Morgan fingerprint density at radius 1 is 1.00 bits per heavy atom. The summed E-state index contributed by atoms with van der Waals surface area (Å²) in [5.74, 6) is 0. The highest BCUT2D eigenvalue weighted by Crippen LogP contribution is 2.26. The van der Waals surface area contributed by atoms with E-state index in [0.717, 1.165) is 27.5 Å². The lowest BCUT2D eigenvalue weighted by Gasteiger charge is -2.05. The lowest BCUT2D eigenvalue weighted by atomic mass is 10.2. The topological polar surface area (TPSA) is 54.2 Å². The molecule has 0 saturated heterocycles. The van der Waals surface area contributed by atoms with Gasteiger partial charge in [-0.1, -0.05) is 42.5 Å². The van der Waals surface area contributed by atoms with Crippen LogP contribution in [0.25, 0.3) is 16.3 Å². The zero-order valence-electron chi connectivity index (χ0n) is 14.8. The van der Waals surface area contributed by atoms with Crippen molar-refractivity contribution in [3.05, 3.63) is 89.9 Å². The van der Waals surface area contributed by atoms with Gasteiger partial charge in [-0.05, 0) is 47.9 Å². The second-order valence-corrected chi connectivity index (χ2v) is 7.24. The Labute approximate surface area is 172 Å². The van der Waals surface area contributed by atoms with Crippen molar-refractivity contribution in [1.29, 1.82) is 0 Å². The van der Waals surface area contributed by atoms with E-state index in [1.165, 1.54) is 0 Å². The summed E-state index contributed by atoms with van der Waals surface area (Å²) in [5.41, 5.74) is 6.55. The molecule has 28 heavy (non-hydrogen) atoms. The van der Waals surface area contributed by atoms with Crippen LogP contribution in [0, 0.1) is 0 Å². The summed E-state index contributed by atoms with van der Waals surface area (Å²) in [4.78, 5) is 1.08. The molecule has 2 aromatic heterocycles. The summed E-state index contributed by atoms with van der Waals surface area (Å²) in [5, 5.41) is 14.6. The van der Waals surface area contributed by atoms with Crippen LogP contribution < -0.4 is 10.7 Å². The van der Waals surface area contributed by atoms with Gasteiger partial charge in [-0.15, -0.1) is 11.3 Å². The first-order valence-electron chi connectivity index (χ1n) is 8.64. The molecular formula is C21H17N5S2. The van der Waals surface area contributed by atoms with E-state index in [1.807, 2.05) is 83.0 Å². The summed E-state index contributed by atoms with van der Waals surface area (Å²) in [7, 11) is 0. The van der Waals surface area contributed by atoms with Crippen LogP contribution in [-0.4, -0.2) is 21.1 Å². The maximum Gasteiger partial charge on any atom is 0.191 e. The van der Waals surface area contributed by atoms with Crippen LogP contribution in [0.15, 0.2) is 89.5 Å². The van der Waals surface area contributed by atoms with E-state index >= 15 is 0 Å². The number of thiocarbonyl (C=S) groups is 1. The predicted molar refractivity (Wildman–Crippen MR) is 120 cm³/mol. The third kappa shape index (κ3) is 4.33. The number of rotatable bonds is 5. The van der Waals surface area contributed by atoms with Gasteiger partial charge in [0.15, 0.2) is 5.11 Å². The van der Waals surface area contributed by atoms with Gasteiger partial charge in [0.05, 0.1) is 16.8 Å². The van der Waals surface area contributed by atoms with Crippen molar-refractivity contribution in [3.63, 3.8) is 0 Å². The minimum Gasteiger partial charge on any atom is -0.331 e. The van der Waals surface area contributed by atoms with Gasteiger partial charge in [-0.25, -0.2) is 4.68 Å². The Hall–Kier alpha value is -3.29. The van der Waals surface area contributed by atoms with Gasteiger partial charge in [-0.3, -0.25) is 5.43 Å². The fourth-order valence-corrected chi connectivity index (χ4v) is 3.54. The number of nitrogens with one attached hydrogen (secondary N) is 2. The highest BCUT2D eigenvalue weighted by atomic mass is 32.1. The molecule has 5 nitrogen and oxygen atoms in total. The molecule has 2 aromatic carbocycles. The molecule has 7 heteroatoms. The van der Waals surface area contributed by atoms with Crippen LogP contribution >= 0.6 is 23.6 Å². The molecule has 0 aliphatic rings. The van der Waals surface area contributed by atoms with Crippen molar-refractivity contribution in [2.75, 3.05) is 5.32 Å². The fraction of sp³-hybridized carbons (Fsp3) is 0. The third-order valence-electron chi connectivity index (χ3n) is 3.92. The number of aromatic nitrogens is 2. The van der Waals surface area contributed by atoms with Crippen molar-refractivity contribution in [1.82, 2.24) is 15.2 Å². The van der Waals surface area contributed by atoms with Crippen molar-refractivity contribution in [3.8, 4) is 16.3 Å². The van der Waals surface area contributed by atoms with E-state index < -0.39 is 0 Å². The minimum absolute atomic E-state index is 0.426. The first kappa shape index (κ1) is 18.1. The predicted octanol–water partition coefficient (Wildman–Crippen LogP) is 4.92. The number of para-hydroxylation sites is 2. The maximum absolute atomic E-state index is 5.29. The van der Waals surface area contributed by atoms with E-state index in [0.29, 0.717) is 5.11 Å². The number of benzene rings is 2. The molecule has 0 aliphatic carbocycles. The average Bonchev–Trinajstić information content (AvgIpc) is 3.39. The number of hydrogen-bond acceptors (Lipinski definition) is 4. The molecule has 0 bridgehead atoms.